The van der Waals surface area contributed by atoms with Gasteiger partial charge >= 0.3 is 12.1 Å². The van der Waals surface area contributed by atoms with E-state index < -0.39 is 23.6 Å². The van der Waals surface area contributed by atoms with Gasteiger partial charge in [-0.05, 0) is 70.0 Å². The second kappa shape index (κ2) is 16.8. The van der Waals surface area contributed by atoms with Crippen LogP contribution in [0.2, 0.25) is 10.0 Å². The lowest BCUT2D eigenvalue weighted by Crippen LogP contribution is -2.43. The number of benzene rings is 2. The first-order chi connectivity index (χ1) is 27.7. The molecule has 302 valence electrons. The zero-order chi connectivity index (χ0) is 41.3. The number of nitrogens with zero attached hydrogens (tertiary/aromatic N) is 5. The fourth-order valence-electron chi connectivity index (χ4n) is 7.44. The van der Waals surface area contributed by atoms with Crippen LogP contribution in [0.15, 0.2) is 77.9 Å². The van der Waals surface area contributed by atoms with Crippen molar-refractivity contribution in [1.29, 1.82) is 0 Å². The van der Waals surface area contributed by atoms with Crippen molar-refractivity contribution >= 4 is 46.8 Å². The molecule has 0 saturated carbocycles. The molecule has 2 amide bonds. The monoisotopic (exact) mass is 826 g/mol. The molecule has 0 spiro atoms. The molecule has 2 atom stereocenters. The highest BCUT2D eigenvalue weighted by Gasteiger charge is 2.30. The van der Waals surface area contributed by atoms with Gasteiger partial charge in [0.2, 0.25) is 11.8 Å². The number of carbonyl (C=O) groups excluding carboxylic acids is 2. The van der Waals surface area contributed by atoms with E-state index in [1.54, 1.807) is 44.1 Å². The van der Waals surface area contributed by atoms with Crippen molar-refractivity contribution < 1.29 is 29.0 Å². The second-order valence-electron chi connectivity index (χ2n) is 15.7. The van der Waals surface area contributed by atoms with Gasteiger partial charge in [0.1, 0.15) is 11.2 Å². The van der Waals surface area contributed by atoms with Gasteiger partial charge in [-0.25, -0.2) is 14.8 Å². The Morgan fingerprint density at radius 1 is 0.966 bits per heavy atom. The number of aromatic nitrogens is 3. The number of aliphatic carboxylic acids is 1. The molecule has 2 aliphatic rings. The molecule has 2 N–H and O–H groups in total. The molecule has 5 heterocycles. The molecule has 0 bridgehead atoms. The molecule has 3 aromatic heterocycles. The summed E-state index contributed by atoms with van der Waals surface area (Å²) in [5.74, 6) is -0.988. The van der Waals surface area contributed by atoms with Crippen molar-refractivity contribution in [2.24, 2.45) is 5.92 Å². The summed E-state index contributed by atoms with van der Waals surface area (Å²) >= 11 is 14.3. The van der Waals surface area contributed by atoms with E-state index >= 15 is 0 Å². The molecule has 13 nitrogen and oxygen atoms in total. The lowest BCUT2D eigenvalue weighted by Gasteiger charge is -2.29. The predicted molar refractivity (Wildman–Crippen MR) is 221 cm³/mol. The minimum atomic E-state index is -0.819. The van der Waals surface area contributed by atoms with Crippen molar-refractivity contribution in [1.82, 2.24) is 29.5 Å². The number of amides is 2. The normalized spacial score (nSPS) is 17.0. The third-order valence-corrected chi connectivity index (χ3v) is 11.2. The fraction of sp³-hybridized carbons (Fsp3) is 0.349. The van der Waals surface area contributed by atoms with Gasteiger partial charge in [-0.3, -0.25) is 23.7 Å². The van der Waals surface area contributed by atoms with E-state index in [9.17, 15) is 24.3 Å². The maximum atomic E-state index is 13.4. The summed E-state index contributed by atoms with van der Waals surface area (Å²) < 4.78 is 12.9. The minimum Gasteiger partial charge on any atom is -0.481 e. The first-order valence-corrected chi connectivity index (χ1v) is 19.8. The molecule has 58 heavy (non-hydrogen) atoms. The Balaban J connectivity index is 1.14. The van der Waals surface area contributed by atoms with Crippen molar-refractivity contribution in [3.8, 4) is 39.4 Å². The Kier molecular flexibility index (Phi) is 11.8. The van der Waals surface area contributed by atoms with Gasteiger partial charge in [0, 0.05) is 72.3 Å². The molecule has 7 rings (SSSR count). The number of hydrogen-bond donors (Lipinski definition) is 2. The standard InChI is InChI=1S/C43H44Cl2N6O7/c1-43(2,3)58-42(56)50(24-29-12-14-36(52)47-29)23-26-11-13-34(48-39(26)57-4)33-10-6-9-32(38(33)45)31-8-5-7-30(37(31)44)25-16-18-51-35(19-25)46-20-28(40(51)53)22-49-17-15-27(21-49)41(54)55/h5-11,13,16,18-20,27,29H,12,14-15,17,21-24H2,1-4H3,(H,47,52)(H,54,55)/t27-,29-/m0/s1. The van der Waals surface area contributed by atoms with Crippen molar-refractivity contribution in [2.75, 3.05) is 26.7 Å². The number of pyridine rings is 2. The topological polar surface area (TPSA) is 156 Å². The van der Waals surface area contributed by atoms with Crippen molar-refractivity contribution in [3.63, 3.8) is 0 Å². The number of halogens is 2. The summed E-state index contributed by atoms with van der Waals surface area (Å²) in [5.41, 5.74) is 4.67. The molecular formula is C43H44Cl2N6O7. The smallest absolute Gasteiger partial charge is 0.410 e. The largest absolute Gasteiger partial charge is 0.481 e. The van der Waals surface area contributed by atoms with Crippen LogP contribution >= 0.6 is 23.2 Å². The Hall–Kier alpha value is -5.50. The molecule has 2 aliphatic heterocycles. The number of likely N-dealkylation sites (tertiary alicyclic amines) is 1. The van der Waals surface area contributed by atoms with Crippen LogP contribution < -0.4 is 15.6 Å². The molecule has 0 unspecified atom stereocenters. The zero-order valence-corrected chi connectivity index (χ0v) is 34.1. The highest BCUT2D eigenvalue weighted by molar-refractivity contribution is 6.39. The number of fused-ring (bicyclic) bond motifs is 1. The average Bonchev–Trinajstić information content (AvgIpc) is 3.84. The van der Waals surface area contributed by atoms with E-state index in [1.807, 2.05) is 59.5 Å². The summed E-state index contributed by atoms with van der Waals surface area (Å²) in [6.45, 7) is 7.15. The molecule has 2 saturated heterocycles. The summed E-state index contributed by atoms with van der Waals surface area (Å²) in [4.78, 5) is 62.9. The van der Waals surface area contributed by atoms with Crippen LogP contribution in [0.25, 0.3) is 39.2 Å². The quantitative estimate of drug-likeness (QED) is 0.138. The van der Waals surface area contributed by atoms with E-state index in [1.165, 1.54) is 11.5 Å². The summed E-state index contributed by atoms with van der Waals surface area (Å²) in [6, 6.07) is 18.3. The average molecular weight is 828 g/mol. The lowest BCUT2D eigenvalue weighted by atomic mass is 9.97. The molecule has 5 aromatic rings. The molecule has 2 fully saturated rings. The van der Waals surface area contributed by atoms with Crippen LogP contribution in [0.3, 0.4) is 0 Å². The van der Waals surface area contributed by atoms with E-state index in [2.05, 4.69) is 10.3 Å². The molecule has 0 radical (unpaired) electrons. The van der Waals surface area contributed by atoms with Crippen LogP contribution in [0.4, 0.5) is 4.79 Å². The highest BCUT2D eigenvalue weighted by atomic mass is 35.5. The number of carboxylic acid groups (broad SMARTS) is 1. The number of carbonyl (C=O) groups is 3. The maximum absolute atomic E-state index is 13.4. The molecule has 15 heteroatoms. The highest BCUT2D eigenvalue weighted by Crippen LogP contribution is 2.42. The number of nitrogens with one attached hydrogen (secondary N) is 1. The lowest BCUT2D eigenvalue weighted by molar-refractivity contribution is -0.141. The van der Waals surface area contributed by atoms with Crippen LogP contribution in [-0.4, -0.2) is 85.6 Å². The third-order valence-electron chi connectivity index (χ3n) is 10.3. The van der Waals surface area contributed by atoms with Gasteiger partial charge in [0.15, 0.2) is 0 Å². The van der Waals surface area contributed by atoms with Crippen LogP contribution in [-0.2, 0) is 27.4 Å². The first-order valence-electron chi connectivity index (χ1n) is 19.0. The third kappa shape index (κ3) is 8.81. The Morgan fingerprint density at radius 2 is 1.67 bits per heavy atom. The summed E-state index contributed by atoms with van der Waals surface area (Å²) in [6.07, 6.45) is 4.30. The molecular weight excluding hydrogens is 783 g/mol. The van der Waals surface area contributed by atoms with Crippen molar-refractivity contribution in [2.45, 2.75) is 64.8 Å². The van der Waals surface area contributed by atoms with Gasteiger partial charge in [-0.15, -0.1) is 0 Å². The number of methoxy groups -OCH3 is 1. The second-order valence-corrected chi connectivity index (χ2v) is 16.4. The summed E-state index contributed by atoms with van der Waals surface area (Å²) in [7, 11) is 1.51. The minimum absolute atomic E-state index is 0.0441. The molecule has 2 aromatic carbocycles. The van der Waals surface area contributed by atoms with Gasteiger partial charge < -0.3 is 24.8 Å². The Labute approximate surface area is 345 Å². The van der Waals surface area contributed by atoms with Crippen LogP contribution in [0.1, 0.15) is 51.2 Å². The van der Waals surface area contributed by atoms with Gasteiger partial charge in [-0.1, -0.05) is 59.6 Å². The van der Waals surface area contributed by atoms with E-state index in [0.29, 0.717) is 99.5 Å². The van der Waals surface area contributed by atoms with E-state index in [0.717, 1.165) is 5.56 Å². The number of carboxylic acids is 1. The van der Waals surface area contributed by atoms with Gasteiger partial charge in [-0.2, -0.15) is 0 Å². The Morgan fingerprint density at radius 3 is 2.33 bits per heavy atom. The van der Waals surface area contributed by atoms with Crippen molar-refractivity contribution in [3.05, 3.63) is 105 Å². The number of hydrogen-bond acceptors (Lipinski definition) is 9. The van der Waals surface area contributed by atoms with E-state index in [-0.39, 0.29) is 30.6 Å². The zero-order valence-electron chi connectivity index (χ0n) is 32.6. The van der Waals surface area contributed by atoms with Gasteiger partial charge in [0.25, 0.3) is 5.56 Å². The maximum Gasteiger partial charge on any atom is 0.410 e. The fourth-order valence-corrected chi connectivity index (χ4v) is 8.10. The number of rotatable bonds is 11. The molecule has 0 aliphatic carbocycles. The summed E-state index contributed by atoms with van der Waals surface area (Å²) in [5, 5.41) is 13.2. The van der Waals surface area contributed by atoms with E-state index in [4.69, 9.17) is 37.7 Å². The Bertz CT molecular complexity index is 2470. The van der Waals surface area contributed by atoms with Crippen LogP contribution in [0.5, 0.6) is 5.88 Å². The van der Waals surface area contributed by atoms with Crippen LogP contribution in [0, 0.1) is 5.92 Å². The first kappa shape index (κ1) is 40.7. The van der Waals surface area contributed by atoms with Gasteiger partial charge in [0.05, 0.1) is 40.9 Å². The number of ether oxygens (including phenoxy) is 2. The predicted octanol–water partition coefficient (Wildman–Crippen LogP) is 7.33. The SMILES string of the molecule is COc1nc(-c2cccc(-c3cccc(-c4ccn5c(=O)c(CN6CC[C@H](C(=O)O)C6)cnc5c4)c3Cl)c2Cl)ccc1CN(C[C@@H]1CCC(=O)N1)C(=O)OC(C)(C)C.